The van der Waals surface area contributed by atoms with Crippen LogP contribution in [0.25, 0.3) is 0 Å². The summed E-state index contributed by atoms with van der Waals surface area (Å²) in [7, 11) is 0. The molecule has 1 aliphatic rings. The van der Waals surface area contributed by atoms with E-state index in [0.29, 0.717) is 17.1 Å². The van der Waals surface area contributed by atoms with Crippen LogP contribution in [0.3, 0.4) is 0 Å². The zero-order valence-electron chi connectivity index (χ0n) is 16.7. The van der Waals surface area contributed by atoms with Crippen LogP contribution in [-0.2, 0) is 19.1 Å². The van der Waals surface area contributed by atoms with Crippen LogP contribution >= 0.6 is 0 Å². The van der Waals surface area contributed by atoms with E-state index in [1.807, 2.05) is 25.1 Å². The number of nitrogens with zero attached hydrogens (tertiary/aromatic N) is 1. The standard InChI is InChI=1S/C22H24N2O5/c1-14-7-6-8-17(11-14)29-16(3)22(27)28-13-21(26)24-15(2)12-20(25)23-18-9-4-5-10-19(18)24/h4-11,15-16H,12-13H2,1-3H3,(H,23,25)/t15-,16-/m1/s1. The molecule has 2 amide bonds. The molecule has 7 nitrogen and oxygen atoms in total. The molecule has 152 valence electrons. The summed E-state index contributed by atoms with van der Waals surface area (Å²) in [5.74, 6) is -0.653. The van der Waals surface area contributed by atoms with Gasteiger partial charge in [-0.15, -0.1) is 0 Å². The number of anilines is 2. The third-order valence-electron chi connectivity index (χ3n) is 4.60. The summed E-state index contributed by atoms with van der Waals surface area (Å²) < 4.78 is 10.8. The molecule has 0 aliphatic carbocycles. The SMILES string of the molecule is Cc1cccc(O[C@H](C)C(=O)OCC(=O)N2c3ccccc3NC(=O)C[C@H]2C)c1. The Labute approximate surface area is 169 Å². The Morgan fingerprint density at radius 1 is 1.21 bits per heavy atom. The Morgan fingerprint density at radius 2 is 1.97 bits per heavy atom. The smallest absolute Gasteiger partial charge is 0.347 e. The predicted molar refractivity (Wildman–Crippen MR) is 109 cm³/mol. The van der Waals surface area contributed by atoms with E-state index >= 15 is 0 Å². The highest BCUT2D eigenvalue weighted by molar-refractivity contribution is 6.05. The number of nitrogens with one attached hydrogen (secondary N) is 1. The summed E-state index contributed by atoms with van der Waals surface area (Å²) in [5.41, 5.74) is 2.14. The van der Waals surface area contributed by atoms with Gasteiger partial charge in [-0.25, -0.2) is 4.79 Å². The minimum atomic E-state index is -0.860. The van der Waals surface area contributed by atoms with Gasteiger partial charge in [0.25, 0.3) is 5.91 Å². The number of hydrogen-bond acceptors (Lipinski definition) is 5. The minimum Gasteiger partial charge on any atom is -0.479 e. The van der Waals surface area contributed by atoms with Gasteiger partial charge in [0.2, 0.25) is 5.91 Å². The first-order valence-corrected chi connectivity index (χ1v) is 9.46. The lowest BCUT2D eigenvalue weighted by molar-refractivity contribution is -0.154. The number of carbonyl (C=O) groups excluding carboxylic acids is 3. The molecular weight excluding hydrogens is 372 g/mol. The van der Waals surface area contributed by atoms with Gasteiger partial charge in [-0.3, -0.25) is 9.59 Å². The molecule has 0 saturated carbocycles. The lowest BCUT2D eigenvalue weighted by atomic mass is 10.1. The third kappa shape index (κ3) is 4.93. The van der Waals surface area contributed by atoms with Crippen LogP contribution in [0.5, 0.6) is 5.75 Å². The second kappa shape index (κ2) is 8.77. The van der Waals surface area contributed by atoms with E-state index in [-0.39, 0.29) is 18.4 Å². The molecule has 7 heteroatoms. The number of ether oxygens (including phenoxy) is 2. The van der Waals surface area contributed by atoms with E-state index < -0.39 is 24.6 Å². The first-order valence-electron chi connectivity index (χ1n) is 9.46. The Hall–Kier alpha value is -3.35. The largest absolute Gasteiger partial charge is 0.479 e. The first kappa shape index (κ1) is 20.4. The topological polar surface area (TPSA) is 84.9 Å². The van der Waals surface area contributed by atoms with Gasteiger partial charge in [-0.2, -0.15) is 0 Å². The van der Waals surface area contributed by atoms with Crippen molar-refractivity contribution < 1.29 is 23.9 Å². The number of hydrogen-bond donors (Lipinski definition) is 1. The normalized spacial score (nSPS) is 16.9. The van der Waals surface area contributed by atoms with E-state index in [1.165, 1.54) is 4.90 Å². The van der Waals surface area contributed by atoms with E-state index in [1.54, 1.807) is 44.2 Å². The van der Waals surface area contributed by atoms with Gasteiger partial charge in [0.05, 0.1) is 11.4 Å². The molecule has 2 aromatic rings. The molecule has 2 aromatic carbocycles. The Kier molecular flexibility index (Phi) is 6.16. The van der Waals surface area contributed by atoms with Crippen molar-refractivity contribution in [2.24, 2.45) is 0 Å². The summed E-state index contributed by atoms with van der Waals surface area (Å²) >= 11 is 0. The van der Waals surface area contributed by atoms with Crippen molar-refractivity contribution in [2.45, 2.75) is 39.3 Å². The molecule has 1 N–H and O–H groups in total. The van der Waals surface area contributed by atoms with Crippen LogP contribution in [0.15, 0.2) is 48.5 Å². The van der Waals surface area contributed by atoms with Crippen molar-refractivity contribution in [3.8, 4) is 5.75 Å². The van der Waals surface area contributed by atoms with Crippen LogP contribution in [0.4, 0.5) is 11.4 Å². The molecule has 0 saturated heterocycles. The highest BCUT2D eigenvalue weighted by Crippen LogP contribution is 2.31. The Bertz CT molecular complexity index is 927. The number of esters is 1. The molecule has 0 aromatic heterocycles. The molecule has 0 unspecified atom stereocenters. The lowest BCUT2D eigenvalue weighted by Crippen LogP contribution is -2.42. The highest BCUT2D eigenvalue weighted by Gasteiger charge is 2.30. The molecule has 0 bridgehead atoms. The summed E-state index contributed by atoms with van der Waals surface area (Å²) in [5, 5.41) is 2.79. The molecule has 0 fully saturated rings. The molecule has 29 heavy (non-hydrogen) atoms. The van der Waals surface area contributed by atoms with Gasteiger partial charge in [-0.05, 0) is 50.6 Å². The number of benzene rings is 2. The molecule has 0 spiro atoms. The van der Waals surface area contributed by atoms with Crippen LogP contribution in [0.2, 0.25) is 0 Å². The van der Waals surface area contributed by atoms with Gasteiger partial charge in [-0.1, -0.05) is 24.3 Å². The fraction of sp³-hybridized carbons (Fsp3) is 0.318. The average molecular weight is 396 g/mol. The maximum absolute atomic E-state index is 12.8. The molecule has 2 atom stereocenters. The zero-order valence-corrected chi connectivity index (χ0v) is 16.7. The van der Waals surface area contributed by atoms with Gasteiger partial charge >= 0.3 is 5.97 Å². The molecule has 3 rings (SSSR count). The van der Waals surface area contributed by atoms with Gasteiger partial charge in [0.1, 0.15) is 5.75 Å². The van der Waals surface area contributed by atoms with E-state index in [0.717, 1.165) is 5.56 Å². The van der Waals surface area contributed by atoms with E-state index in [4.69, 9.17) is 9.47 Å². The monoisotopic (exact) mass is 396 g/mol. The second-order valence-electron chi connectivity index (χ2n) is 7.07. The van der Waals surface area contributed by atoms with Crippen molar-refractivity contribution in [3.05, 3.63) is 54.1 Å². The van der Waals surface area contributed by atoms with Gasteiger partial charge in [0, 0.05) is 12.5 Å². The first-order chi connectivity index (χ1) is 13.8. The summed E-state index contributed by atoms with van der Waals surface area (Å²) in [6.07, 6.45) is -0.706. The van der Waals surface area contributed by atoms with Gasteiger partial charge < -0.3 is 19.7 Å². The fourth-order valence-corrected chi connectivity index (χ4v) is 3.23. The third-order valence-corrected chi connectivity index (χ3v) is 4.60. The van der Waals surface area contributed by atoms with E-state index in [2.05, 4.69) is 5.32 Å². The average Bonchev–Trinajstić information content (AvgIpc) is 2.80. The predicted octanol–water partition coefficient (Wildman–Crippen LogP) is 3.07. The summed E-state index contributed by atoms with van der Waals surface area (Å²) in [6, 6.07) is 14.0. The second-order valence-corrected chi connectivity index (χ2v) is 7.07. The maximum Gasteiger partial charge on any atom is 0.347 e. The number of fused-ring (bicyclic) bond motifs is 1. The van der Waals surface area contributed by atoms with Crippen molar-refractivity contribution >= 4 is 29.2 Å². The highest BCUT2D eigenvalue weighted by atomic mass is 16.6. The van der Waals surface area contributed by atoms with Gasteiger partial charge in [0.15, 0.2) is 12.7 Å². The van der Waals surface area contributed by atoms with Crippen LogP contribution in [0.1, 0.15) is 25.8 Å². The number of para-hydroxylation sites is 2. The lowest BCUT2D eigenvalue weighted by Gasteiger charge is -2.27. The molecule has 1 heterocycles. The molecular formula is C22H24N2O5. The van der Waals surface area contributed by atoms with Crippen molar-refractivity contribution in [2.75, 3.05) is 16.8 Å². The van der Waals surface area contributed by atoms with Crippen molar-refractivity contribution in [1.29, 1.82) is 0 Å². The van der Waals surface area contributed by atoms with Crippen LogP contribution in [-0.4, -0.2) is 36.5 Å². The maximum atomic E-state index is 12.8. The minimum absolute atomic E-state index is 0.154. The summed E-state index contributed by atoms with van der Waals surface area (Å²) in [6.45, 7) is 4.84. The van der Waals surface area contributed by atoms with Crippen molar-refractivity contribution in [1.82, 2.24) is 0 Å². The number of amides is 2. The molecule has 1 aliphatic heterocycles. The number of carbonyl (C=O) groups is 3. The Morgan fingerprint density at radius 3 is 2.72 bits per heavy atom. The van der Waals surface area contributed by atoms with Crippen LogP contribution < -0.4 is 15.0 Å². The number of rotatable bonds is 5. The Balaban J connectivity index is 1.65. The van der Waals surface area contributed by atoms with Crippen molar-refractivity contribution in [3.63, 3.8) is 0 Å². The summed E-state index contributed by atoms with van der Waals surface area (Å²) in [4.78, 5) is 38.6. The van der Waals surface area contributed by atoms with E-state index in [9.17, 15) is 14.4 Å². The quantitative estimate of drug-likeness (QED) is 0.785. The fourth-order valence-electron chi connectivity index (χ4n) is 3.23. The number of aryl methyl sites for hydroxylation is 1. The molecule has 0 radical (unpaired) electrons. The van der Waals surface area contributed by atoms with Crippen LogP contribution in [0, 0.1) is 6.92 Å². The zero-order chi connectivity index (χ0) is 21.0.